The number of amides is 1. The fourth-order valence-electron chi connectivity index (χ4n) is 2.13. The number of alkyl carbamates (subject to hydrolysis) is 1. The normalized spacial score (nSPS) is 13.3. The summed E-state index contributed by atoms with van der Waals surface area (Å²) in [5, 5.41) is 3.03. The summed E-state index contributed by atoms with van der Waals surface area (Å²) < 4.78 is 11.6. The molecule has 1 rings (SSSR count). The van der Waals surface area contributed by atoms with Crippen molar-refractivity contribution in [1.82, 2.24) is 5.32 Å². The van der Waals surface area contributed by atoms with Gasteiger partial charge in [0, 0.05) is 12.0 Å². The van der Waals surface area contributed by atoms with Gasteiger partial charge in [0.2, 0.25) is 8.32 Å². The van der Waals surface area contributed by atoms with Crippen LogP contribution in [0.5, 0.6) is 5.75 Å². The summed E-state index contributed by atoms with van der Waals surface area (Å²) in [7, 11) is -1.84. The Balaban J connectivity index is 2.76. The molecule has 1 aromatic carbocycles. The van der Waals surface area contributed by atoms with Crippen molar-refractivity contribution in [3.8, 4) is 5.75 Å². The van der Waals surface area contributed by atoms with Crippen LogP contribution >= 0.6 is 0 Å². The second kappa shape index (κ2) is 7.63. The molecule has 4 nitrogen and oxygen atoms in total. The van der Waals surface area contributed by atoms with Crippen LogP contribution in [0.2, 0.25) is 18.1 Å². The van der Waals surface area contributed by atoms with E-state index in [1.165, 1.54) is 0 Å². The molecule has 1 N–H and O–H groups in total. The molecule has 0 saturated heterocycles. The fraction of sp³-hybridized carbons (Fsp3) is 0.667. The van der Waals surface area contributed by atoms with Gasteiger partial charge < -0.3 is 14.5 Å². The van der Waals surface area contributed by atoms with Gasteiger partial charge in [0.25, 0.3) is 0 Å². The van der Waals surface area contributed by atoms with Crippen molar-refractivity contribution in [3.05, 3.63) is 29.8 Å². The maximum absolute atomic E-state index is 11.9. The van der Waals surface area contributed by atoms with Crippen molar-refractivity contribution >= 4 is 14.4 Å². The fourth-order valence-corrected chi connectivity index (χ4v) is 3.16. The summed E-state index contributed by atoms with van der Waals surface area (Å²) in [6.07, 6.45) is -0.386. The summed E-state index contributed by atoms with van der Waals surface area (Å²) in [4.78, 5) is 11.9. The zero-order valence-electron chi connectivity index (χ0n) is 18.2. The van der Waals surface area contributed by atoms with Gasteiger partial charge in [-0.05, 0) is 56.6 Å². The molecule has 0 fully saturated rings. The molecule has 148 valence electrons. The first-order valence-electron chi connectivity index (χ1n) is 9.30. The average molecular weight is 380 g/mol. The predicted octanol–water partition coefficient (Wildman–Crippen LogP) is 5.87. The standard InChI is InChI=1S/C21H37NO3Si/c1-19(2,3)24-18(23)22-15-21(7,8)16-11-13-17(14-12-16)25-26(9,10)20(4,5)6/h11-14H,15H2,1-10H3,(H,22,23). The Morgan fingerprint density at radius 3 is 1.88 bits per heavy atom. The zero-order chi connectivity index (χ0) is 20.4. The highest BCUT2D eigenvalue weighted by Gasteiger charge is 2.39. The molecule has 0 atom stereocenters. The molecule has 0 aromatic heterocycles. The predicted molar refractivity (Wildman–Crippen MR) is 112 cm³/mol. The Kier molecular flexibility index (Phi) is 6.62. The van der Waals surface area contributed by atoms with Gasteiger partial charge in [-0.25, -0.2) is 4.79 Å². The molecule has 5 heteroatoms. The molecule has 0 radical (unpaired) electrons. The van der Waals surface area contributed by atoms with Crippen LogP contribution in [0, 0.1) is 0 Å². The number of hydrogen-bond donors (Lipinski definition) is 1. The van der Waals surface area contributed by atoms with E-state index in [9.17, 15) is 4.79 Å². The number of nitrogens with one attached hydrogen (secondary N) is 1. The number of rotatable bonds is 5. The van der Waals surface area contributed by atoms with Gasteiger partial charge in [-0.3, -0.25) is 0 Å². The average Bonchev–Trinajstić information content (AvgIpc) is 2.42. The zero-order valence-corrected chi connectivity index (χ0v) is 19.2. The van der Waals surface area contributed by atoms with Crippen LogP contribution in [0.1, 0.15) is 61.0 Å². The van der Waals surface area contributed by atoms with Crippen LogP contribution in [0.3, 0.4) is 0 Å². The van der Waals surface area contributed by atoms with Crippen LogP contribution in [-0.2, 0) is 10.2 Å². The van der Waals surface area contributed by atoms with E-state index in [1.807, 2.05) is 32.9 Å². The number of carbonyl (C=O) groups excluding carboxylic acids is 1. The number of hydrogen-bond acceptors (Lipinski definition) is 3. The van der Waals surface area contributed by atoms with Crippen molar-refractivity contribution in [2.24, 2.45) is 0 Å². The van der Waals surface area contributed by atoms with Gasteiger partial charge in [0.1, 0.15) is 11.4 Å². The lowest BCUT2D eigenvalue weighted by Crippen LogP contribution is -2.43. The maximum atomic E-state index is 11.9. The second-order valence-corrected chi connectivity index (χ2v) is 14.9. The second-order valence-electron chi connectivity index (χ2n) is 10.1. The van der Waals surface area contributed by atoms with Gasteiger partial charge >= 0.3 is 6.09 Å². The van der Waals surface area contributed by atoms with E-state index >= 15 is 0 Å². The molecule has 0 aliphatic rings. The molecule has 0 saturated carbocycles. The number of carbonyl (C=O) groups is 1. The van der Waals surface area contributed by atoms with E-state index in [4.69, 9.17) is 9.16 Å². The number of benzene rings is 1. The molecule has 1 amide bonds. The van der Waals surface area contributed by atoms with Crippen molar-refractivity contribution in [2.75, 3.05) is 6.54 Å². The lowest BCUT2D eigenvalue weighted by Gasteiger charge is -2.36. The lowest BCUT2D eigenvalue weighted by molar-refractivity contribution is 0.0517. The minimum absolute atomic E-state index is 0.169. The van der Waals surface area contributed by atoms with Gasteiger partial charge in [-0.2, -0.15) is 0 Å². The van der Waals surface area contributed by atoms with Crippen molar-refractivity contribution in [3.63, 3.8) is 0 Å². The molecule has 1 aromatic rings. The highest BCUT2D eigenvalue weighted by atomic mass is 28.4. The smallest absolute Gasteiger partial charge is 0.407 e. The molecular weight excluding hydrogens is 342 g/mol. The molecule has 0 unspecified atom stereocenters. The summed E-state index contributed by atoms with van der Waals surface area (Å²) >= 11 is 0. The van der Waals surface area contributed by atoms with Crippen LogP contribution in [-0.4, -0.2) is 26.6 Å². The van der Waals surface area contributed by atoms with Crippen LogP contribution in [0.15, 0.2) is 24.3 Å². The quantitative estimate of drug-likeness (QED) is 0.651. The summed E-state index contributed by atoms with van der Waals surface area (Å²) in [5.41, 5.74) is 0.458. The van der Waals surface area contributed by atoms with Crippen molar-refractivity contribution < 1.29 is 14.0 Å². The third-order valence-corrected chi connectivity index (χ3v) is 9.25. The monoisotopic (exact) mass is 379 g/mol. The minimum Gasteiger partial charge on any atom is -0.544 e. The highest BCUT2D eigenvalue weighted by Crippen LogP contribution is 2.37. The Hall–Kier alpha value is -1.49. The topological polar surface area (TPSA) is 47.6 Å². The maximum Gasteiger partial charge on any atom is 0.407 e. The van der Waals surface area contributed by atoms with Crippen molar-refractivity contribution in [2.45, 2.75) is 84.5 Å². The summed E-state index contributed by atoms with van der Waals surface area (Å²) in [6, 6.07) is 8.23. The van der Waals surface area contributed by atoms with E-state index in [0.29, 0.717) is 6.54 Å². The Bertz CT molecular complexity index is 608. The number of ether oxygens (including phenoxy) is 1. The van der Waals surface area contributed by atoms with Gasteiger partial charge in [0.15, 0.2) is 0 Å². The summed E-state index contributed by atoms with van der Waals surface area (Å²) in [5.74, 6) is 0.913. The first-order chi connectivity index (χ1) is 11.5. The Morgan fingerprint density at radius 2 is 1.46 bits per heavy atom. The highest BCUT2D eigenvalue weighted by molar-refractivity contribution is 6.74. The molecule has 26 heavy (non-hydrogen) atoms. The van der Waals surface area contributed by atoms with Crippen molar-refractivity contribution in [1.29, 1.82) is 0 Å². The van der Waals surface area contributed by atoms with Crippen LogP contribution in [0.25, 0.3) is 0 Å². The molecule has 0 aliphatic carbocycles. The summed E-state index contributed by atoms with van der Waals surface area (Å²) in [6.45, 7) is 21.5. The molecule has 0 bridgehead atoms. The third-order valence-electron chi connectivity index (χ3n) is 4.89. The lowest BCUT2D eigenvalue weighted by atomic mass is 9.84. The van der Waals surface area contributed by atoms with Gasteiger partial charge in [-0.15, -0.1) is 0 Å². The molecule has 0 aliphatic heterocycles. The van der Waals surface area contributed by atoms with E-state index < -0.39 is 13.9 Å². The van der Waals surface area contributed by atoms with Crippen LogP contribution in [0.4, 0.5) is 4.79 Å². The molecule has 0 spiro atoms. The first-order valence-corrected chi connectivity index (χ1v) is 12.2. The molecular formula is C21H37NO3Si. The van der Waals surface area contributed by atoms with E-state index in [-0.39, 0.29) is 16.5 Å². The molecule has 0 heterocycles. The SMILES string of the molecule is CC(C)(C)OC(=O)NCC(C)(C)c1ccc(O[Si](C)(C)C(C)(C)C)cc1. The Morgan fingerprint density at radius 1 is 0.962 bits per heavy atom. The van der Waals surface area contributed by atoms with E-state index in [2.05, 4.69) is 65.2 Å². The third kappa shape index (κ3) is 6.67. The van der Waals surface area contributed by atoms with Gasteiger partial charge in [0.05, 0.1) is 0 Å². The van der Waals surface area contributed by atoms with E-state index in [1.54, 1.807) is 0 Å². The minimum atomic E-state index is -1.84. The first kappa shape index (κ1) is 22.5. The Labute approximate surface area is 160 Å². The van der Waals surface area contributed by atoms with Gasteiger partial charge in [-0.1, -0.05) is 46.8 Å². The van der Waals surface area contributed by atoms with E-state index in [0.717, 1.165) is 11.3 Å². The largest absolute Gasteiger partial charge is 0.544 e. The van der Waals surface area contributed by atoms with Crippen LogP contribution < -0.4 is 9.74 Å².